The first-order valence-electron chi connectivity index (χ1n) is 5.43. The third-order valence-electron chi connectivity index (χ3n) is 2.89. The van der Waals surface area contributed by atoms with Gasteiger partial charge in [0.25, 0.3) is 0 Å². The van der Waals surface area contributed by atoms with Crippen LogP contribution < -0.4 is 5.32 Å². The number of carbonyl (C=O) groups is 1. The zero-order valence-corrected chi connectivity index (χ0v) is 11.9. The lowest BCUT2D eigenvalue weighted by Gasteiger charge is -2.30. The van der Waals surface area contributed by atoms with Crippen LogP contribution in [0.15, 0.2) is 29.7 Å². The van der Waals surface area contributed by atoms with Crippen molar-refractivity contribution in [2.75, 3.05) is 4.43 Å². The second-order valence-electron chi connectivity index (χ2n) is 4.12. The van der Waals surface area contributed by atoms with Crippen LogP contribution >= 0.6 is 22.6 Å². The fourth-order valence-corrected chi connectivity index (χ4v) is 2.71. The van der Waals surface area contributed by atoms with Gasteiger partial charge in [-0.15, -0.1) is 0 Å². The van der Waals surface area contributed by atoms with Crippen molar-refractivity contribution >= 4 is 28.6 Å². The molecule has 0 unspecified atom stereocenters. The molecule has 2 heterocycles. The van der Waals surface area contributed by atoms with Crippen molar-refractivity contribution in [1.82, 2.24) is 10.2 Å². The lowest BCUT2D eigenvalue weighted by Crippen LogP contribution is -2.45. The fraction of sp³-hybridized carbons (Fsp3) is 0.500. The van der Waals surface area contributed by atoms with Crippen LogP contribution in [0.2, 0.25) is 0 Å². The molecule has 0 spiro atoms. The molecule has 2 aliphatic rings. The second kappa shape index (κ2) is 5.35. The van der Waals surface area contributed by atoms with Crippen molar-refractivity contribution in [1.29, 1.82) is 0 Å². The Morgan fingerprint density at radius 3 is 3.16 bits per heavy atom. The molecule has 2 amide bonds. The number of urea groups is 1. The summed E-state index contributed by atoms with van der Waals surface area (Å²) in [5, 5.41) is 5.91. The number of hydrogen-bond donors (Lipinski definition) is 1. The number of carbonyl (C=O) groups excluding carboxylic acids is 1. The maximum Gasteiger partial charge on any atom is 0.327 e. The van der Waals surface area contributed by atoms with Gasteiger partial charge in [0.05, 0.1) is 0 Å². The molecule has 2 aliphatic heterocycles. The number of nitrogens with zero attached hydrogens (tertiary/aromatic N) is 4. The van der Waals surface area contributed by atoms with Gasteiger partial charge in [0, 0.05) is 27.7 Å². The van der Waals surface area contributed by atoms with Crippen LogP contribution in [0.25, 0.3) is 10.4 Å². The minimum atomic E-state index is -1.55. The van der Waals surface area contributed by atoms with Gasteiger partial charge < -0.3 is 10.1 Å². The number of amides is 2. The van der Waals surface area contributed by atoms with Crippen LogP contribution in [-0.4, -0.2) is 33.5 Å². The molecule has 0 aromatic rings. The number of hydrogen-bond acceptors (Lipinski definition) is 3. The van der Waals surface area contributed by atoms with Gasteiger partial charge in [-0.3, -0.25) is 4.90 Å². The summed E-state index contributed by atoms with van der Waals surface area (Å²) in [5.74, 6) is 0. The minimum Gasteiger partial charge on any atom is -0.341 e. The van der Waals surface area contributed by atoms with E-state index in [1.165, 1.54) is 11.1 Å². The quantitative estimate of drug-likeness (QED) is 0.269. The highest BCUT2D eigenvalue weighted by atomic mass is 127. The van der Waals surface area contributed by atoms with E-state index in [0.29, 0.717) is 5.70 Å². The monoisotopic (exact) mass is 379 g/mol. The number of halogens is 2. The first kappa shape index (κ1) is 14.1. The van der Waals surface area contributed by atoms with E-state index in [9.17, 15) is 9.18 Å². The van der Waals surface area contributed by atoms with E-state index in [0.717, 1.165) is 0 Å². The first-order valence-corrected chi connectivity index (χ1v) is 6.95. The van der Waals surface area contributed by atoms with Crippen LogP contribution in [0.4, 0.5) is 9.18 Å². The number of rotatable bonds is 3. The van der Waals surface area contributed by atoms with E-state index in [2.05, 4.69) is 21.9 Å². The Hall–Kier alpha value is -1.32. The number of nitrogens with one attached hydrogen (secondary N) is 1. The Morgan fingerprint density at radius 1 is 1.84 bits per heavy atom. The summed E-state index contributed by atoms with van der Waals surface area (Å²) in [4.78, 5) is 15.6. The van der Waals surface area contributed by atoms with Crippen LogP contribution in [0, 0.1) is 0 Å². The summed E-state index contributed by atoms with van der Waals surface area (Å²) in [6, 6.07) is -0.449. The highest BCUT2D eigenvalue weighted by molar-refractivity contribution is 14.1. The molecule has 1 saturated heterocycles. The second-order valence-corrected chi connectivity index (χ2v) is 4.88. The predicted octanol–water partition coefficient (Wildman–Crippen LogP) is 2.57. The van der Waals surface area contributed by atoms with Gasteiger partial charge in [0.15, 0.2) is 5.72 Å². The molecule has 1 N–H and O–H groups in total. The molecule has 19 heavy (non-hydrogen) atoms. The molecule has 0 aromatic carbocycles. The van der Waals surface area contributed by atoms with Gasteiger partial charge in [0.2, 0.25) is 0 Å². The Labute approximate surface area is 122 Å². The van der Waals surface area contributed by atoms with Gasteiger partial charge in [0.1, 0.15) is 12.4 Å². The standard InChI is InChI=1S/C10H11FIN5O2/c1-6-2-3-17(9(18)14-6)8-4-7(11)10(5-12,19-8)15-16-13/h2-3,7-8H,1,4-5H2,(H,14,18)/t7-,8+,10+/m0/s1. The SMILES string of the molecule is C=C1C=CN([C@H]2C[C@H](F)[C@](CI)(N=[N+]=[N-])O2)C(=O)N1. The number of alkyl halides is 2. The highest BCUT2D eigenvalue weighted by Crippen LogP contribution is 2.38. The summed E-state index contributed by atoms with van der Waals surface area (Å²) in [7, 11) is 0. The summed E-state index contributed by atoms with van der Waals surface area (Å²) >= 11 is 1.89. The average Bonchev–Trinajstić information content (AvgIpc) is 2.67. The number of azide groups is 1. The van der Waals surface area contributed by atoms with Gasteiger partial charge in [-0.25, -0.2) is 9.18 Å². The molecule has 0 radical (unpaired) electrons. The first-order chi connectivity index (χ1) is 9.02. The highest BCUT2D eigenvalue weighted by Gasteiger charge is 2.51. The number of allylic oxidation sites excluding steroid dienone is 1. The predicted molar refractivity (Wildman–Crippen MR) is 73.8 cm³/mol. The van der Waals surface area contributed by atoms with Gasteiger partial charge in [-0.2, -0.15) is 0 Å². The van der Waals surface area contributed by atoms with E-state index >= 15 is 0 Å². The molecule has 2 rings (SSSR count). The molecule has 102 valence electrons. The summed E-state index contributed by atoms with van der Waals surface area (Å²) in [5.41, 5.74) is 7.41. The lowest BCUT2D eigenvalue weighted by atomic mass is 10.1. The molecule has 9 heteroatoms. The van der Waals surface area contributed by atoms with E-state index in [1.807, 2.05) is 22.6 Å². The summed E-state index contributed by atoms with van der Waals surface area (Å²) in [6.07, 6.45) is 0.732. The topological polar surface area (TPSA) is 90.3 Å². The maximum atomic E-state index is 14.0. The van der Waals surface area contributed by atoms with E-state index in [-0.39, 0.29) is 10.8 Å². The van der Waals surface area contributed by atoms with Crippen LogP contribution in [-0.2, 0) is 4.74 Å². The molecule has 0 aliphatic carbocycles. The van der Waals surface area contributed by atoms with Crippen LogP contribution in [0.5, 0.6) is 0 Å². The van der Waals surface area contributed by atoms with E-state index < -0.39 is 24.2 Å². The third kappa shape index (κ3) is 2.53. The zero-order chi connectivity index (χ0) is 14.0. The van der Waals surface area contributed by atoms with Gasteiger partial charge in [-0.05, 0) is 11.6 Å². The van der Waals surface area contributed by atoms with E-state index in [1.54, 1.807) is 6.08 Å². The Kier molecular flexibility index (Phi) is 3.97. The molecule has 0 saturated carbocycles. The molecular formula is C10H11FIN5O2. The maximum absolute atomic E-state index is 14.0. The summed E-state index contributed by atoms with van der Waals surface area (Å²) < 4.78 is 19.7. The molecule has 3 atom stereocenters. The van der Waals surface area contributed by atoms with E-state index in [4.69, 9.17) is 10.3 Å². The minimum absolute atomic E-state index is 0.0493. The van der Waals surface area contributed by atoms with Crippen molar-refractivity contribution in [2.24, 2.45) is 5.11 Å². The number of ether oxygens (including phenoxy) is 1. The molecule has 0 bridgehead atoms. The molecular weight excluding hydrogens is 368 g/mol. The van der Waals surface area contributed by atoms with Crippen molar-refractivity contribution in [3.05, 3.63) is 35.0 Å². The molecule has 7 nitrogen and oxygen atoms in total. The molecule has 0 aromatic heterocycles. The zero-order valence-electron chi connectivity index (χ0n) is 9.79. The lowest BCUT2D eigenvalue weighted by molar-refractivity contribution is -0.0763. The van der Waals surface area contributed by atoms with Crippen molar-refractivity contribution in [3.8, 4) is 0 Å². The normalized spacial score (nSPS) is 34.1. The fourth-order valence-electron chi connectivity index (χ4n) is 1.90. The van der Waals surface area contributed by atoms with Crippen molar-refractivity contribution < 1.29 is 13.9 Å². The molecule has 1 fully saturated rings. The average molecular weight is 379 g/mol. The smallest absolute Gasteiger partial charge is 0.327 e. The van der Waals surface area contributed by atoms with Gasteiger partial charge in [-0.1, -0.05) is 34.3 Å². The summed E-state index contributed by atoms with van der Waals surface area (Å²) in [6.45, 7) is 3.59. The Balaban J connectivity index is 2.21. The van der Waals surface area contributed by atoms with Crippen LogP contribution in [0.1, 0.15) is 6.42 Å². The largest absolute Gasteiger partial charge is 0.341 e. The van der Waals surface area contributed by atoms with Crippen molar-refractivity contribution in [3.63, 3.8) is 0 Å². The Morgan fingerprint density at radius 2 is 2.58 bits per heavy atom. The van der Waals surface area contributed by atoms with Crippen molar-refractivity contribution in [2.45, 2.75) is 24.5 Å². The third-order valence-corrected chi connectivity index (χ3v) is 3.99. The van der Waals surface area contributed by atoms with Crippen LogP contribution in [0.3, 0.4) is 0 Å². The van der Waals surface area contributed by atoms with Gasteiger partial charge >= 0.3 is 6.03 Å². The Bertz CT molecular complexity index is 492.